The molecule has 0 saturated carbocycles. The van der Waals surface area contributed by atoms with Crippen molar-refractivity contribution in [3.05, 3.63) is 150 Å². The Morgan fingerprint density at radius 2 is 1.33 bits per heavy atom. The number of rotatable bonds is 13. The third-order valence-electron chi connectivity index (χ3n) is 7.27. The molecule has 0 aromatic heterocycles. The van der Waals surface area contributed by atoms with Crippen LogP contribution < -0.4 is 30.2 Å². The first-order valence-electron chi connectivity index (χ1n) is 15.2. The van der Waals surface area contributed by atoms with Crippen LogP contribution in [0, 0.1) is 0 Å². The van der Waals surface area contributed by atoms with E-state index >= 15 is 0 Å². The average molecular weight is 674 g/mol. The number of thioether (sulfide) groups is 1. The van der Waals surface area contributed by atoms with Gasteiger partial charge in [0, 0.05) is 27.9 Å². The summed E-state index contributed by atoms with van der Waals surface area (Å²) < 4.78 is 16.1. The summed E-state index contributed by atoms with van der Waals surface area (Å²) >= 11 is 1.34. The molecule has 5 aromatic rings. The molecular weight excluding hydrogens is 639 g/mol. The monoisotopic (exact) mass is 673 g/mol. The lowest BCUT2D eigenvalue weighted by molar-refractivity contribution is -0.116. The average Bonchev–Trinajstić information content (AvgIpc) is 3.14. The molecule has 5 rings (SSSR count). The Bertz CT molecular complexity index is 1950. The molecule has 0 aliphatic carbocycles. The minimum Gasteiger partial charge on any atom is -0.497 e. The van der Waals surface area contributed by atoms with E-state index in [1.54, 1.807) is 104 Å². The highest BCUT2D eigenvalue weighted by Crippen LogP contribution is 2.37. The fourth-order valence-corrected chi connectivity index (χ4v) is 5.93. The normalized spacial score (nSPS) is 11.5. The number of nitrogens with one attached hydrogen (secondary N) is 3. The molecule has 1 atom stereocenters. The summed E-state index contributed by atoms with van der Waals surface area (Å²) in [7, 11) is 4.63. The van der Waals surface area contributed by atoms with Crippen molar-refractivity contribution in [3.8, 4) is 17.2 Å². The van der Waals surface area contributed by atoms with E-state index in [0.29, 0.717) is 39.8 Å². The predicted molar refractivity (Wildman–Crippen MR) is 193 cm³/mol. The second-order valence-corrected chi connectivity index (χ2v) is 11.8. The molecule has 0 aliphatic heterocycles. The van der Waals surface area contributed by atoms with Crippen LogP contribution in [0.1, 0.15) is 26.7 Å². The lowest BCUT2D eigenvalue weighted by Gasteiger charge is -2.18. The number of hydrogen-bond donors (Lipinski definition) is 3. The van der Waals surface area contributed by atoms with Crippen LogP contribution in [0.4, 0.5) is 11.4 Å². The van der Waals surface area contributed by atoms with Crippen LogP contribution in [0.25, 0.3) is 6.08 Å². The van der Waals surface area contributed by atoms with E-state index in [2.05, 4.69) is 16.0 Å². The maximum absolute atomic E-state index is 13.7. The van der Waals surface area contributed by atoms with Crippen molar-refractivity contribution in [1.82, 2.24) is 5.32 Å². The van der Waals surface area contributed by atoms with Crippen LogP contribution in [0.3, 0.4) is 0 Å². The summed E-state index contributed by atoms with van der Waals surface area (Å²) in [5.41, 5.74) is 2.91. The second-order valence-electron chi connectivity index (χ2n) is 10.6. The van der Waals surface area contributed by atoms with E-state index in [9.17, 15) is 14.4 Å². The standard InChI is InChI=1S/C39H35N3O6S/c1-46-31-18-10-16-29(24-31)41-39(45)36(27-12-6-4-7-13-27)49-32-19-11-17-30(25-32)40-38(44)33(42-37(43)28-14-8-5-9-15-28)22-26-20-21-34(47-2)35(23-26)48-3/h4-25,36H,1-3H3,(H,40,44)(H,41,45)(H,42,43)/b33-22+. The number of amides is 3. The smallest absolute Gasteiger partial charge is 0.272 e. The highest BCUT2D eigenvalue weighted by Gasteiger charge is 2.23. The molecule has 248 valence electrons. The maximum atomic E-state index is 13.7. The van der Waals surface area contributed by atoms with Crippen LogP contribution >= 0.6 is 11.8 Å². The van der Waals surface area contributed by atoms with Gasteiger partial charge in [0.05, 0.1) is 21.3 Å². The largest absolute Gasteiger partial charge is 0.497 e. The van der Waals surface area contributed by atoms with Crippen LogP contribution in [-0.4, -0.2) is 39.1 Å². The van der Waals surface area contributed by atoms with Gasteiger partial charge in [-0.1, -0.05) is 66.7 Å². The first-order valence-corrected chi connectivity index (χ1v) is 16.1. The van der Waals surface area contributed by atoms with Gasteiger partial charge in [0.2, 0.25) is 5.91 Å². The van der Waals surface area contributed by atoms with E-state index < -0.39 is 17.1 Å². The zero-order valence-corrected chi connectivity index (χ0v) is 28.0. The topological polar surface area (TPSA) is 115 Å². The summed E-state index contributed by atoms with van der Waals surface area (Å²) in [6.07, 6.45) is 1.56. The van der Waals surface area contributed by atoms with Crippen molar-refractivity contribution in [1.29, 1.82) is 0 Å². The fraction of sp³-hybridized carbons (Fsp3) is 0.103. The first-order chi connectivity index (χ1) is 23.9. The predicted octanol–water partition coefficient (Wildman–Crippen LogP) is 7.59. The van der Waals surface area contributed by atoms with Crippen LogP contribution in [0.15, 0.2) is 138 Å². The van der Waals surface area contributed by atoms with Crippen LogP contribution in [0.5, 0.6) is 17.2 Å². The highest BCUT2D eigenvalue weighted by atomic mass is 32.2. The Kier molecular flexibility index (Phi) is 11.7. The summed E-state index contributed by atoms with van der Waals surface area (Å²) in [4.78, 5) is 41.3. The van der Waals surface area contributed by atoms with Crippen LogP contribution in [-0.2, 0) is 9.59 Å². The Balaban J connectivity index is 1.40. The van der Waals surface area contributed by atoms with Gasteiger partial charge in [-0.2, -0.15) is 0 Å². The molecule has 49 heavy (non-hydrogen) atoms. The van der Waals surface area contributed by atoms with Crippen molar-refractivity contribution in [3.63, 3.8) is 0 Å². The first kappa shape index (κ1) is 34.3. The van der Waals surface area contributed by atoms with Gasteiger partial charge < -0.3 is 30.2 Å². The number of ether oxygens (including phenoxy) is 3. The minimum atomic E-state index is -0.607. The Labute approximate surface area is 289 Å². The molecule has 3 N–H and O–H groups in total. The van der Waals surface area contributed by atoms with Crippen molar-refractivity contribution in [2.75, 3.05) is 32.0 Å². The molecule has 10 heteroatoms. The second kappa shape index (κ2) is 16.7. The minimum absolute atomic E-state index is 0.0129. The molecule has 9 nitrogen and oxygen atoms in total. The molecule has 1 unspecified atom stereocenters. The summed E-state index contributed by atoms with van der Waals surface area (Å²) in [6.45, 7) is 0. The van der Waals surface area contributed by atoms with Gasteiger partial charge in [-0.25, -0.2) is 0 Å². The van der Waals surface area contributed by atoms with E-state index in [4.69, 9.17) is 14.2 Å². The summed E-state index contributed by atoms with van der Waals surface area (Å²) in [5, 5.41) is 8.04. The third kappa shape index (κ3) is 9.30. The van der Waals surface area contributed by atoms with Gasteiger partial charge in [0.25, 0.3) is 11.8 Å². The number of hydrogen-bond acceptors (Lipinski definition) is 7. The molecule has 0 fully saturated rings. The van der Waals surface area contributed by atoms with E-state index in [0.717, 1.165) is 10.5 Å². The zero-order chi connectivity index (χ0) is 34.6. The molecule has 0 aliphatic rings. The van der Waals surface area contributed by atoms with Crippen molar-refractivity contribution in [2.24, 2.45) is 0 Å². The lowest BCUT2D eigenvalue weighted by atomic mass is 10.1. The quantitative estimate of drug-likeness (QED) is 0.0872. The molecular formula is C39H35N3O6S. The number of methoxy groups -OCH3 is 3. The van der Waals surface area contributed by atoms with Crippen LogP contribution in [0.2, 0.25) is 0 Å². The van der Waals surface area contributed by atoms with Gasteiger partial charge in [-0.15, -0.1) is 11.8 Å². The van der Waals surface area contributed by atoms with Gasteiger partial charge in [-0.05, 0) is 71.8 Å². The lowest BCUT2D eigenvalue weighted by Crippen LogP contribution is -2.30. The maximum Gasteiger partial charge on any atom is 0.272 e. The van der Waals surface area contributed by atoms with E-state index in [1.165, 1.54) is 26.0 Å². The summed E-state index contributed by atoms with van der Waals surface area (Å²) in [6, 6.07) is 37.6. The van der Waals surface area contributed by atoms with Gasteiger partial charge in [-0.3, -0.25) is 14.4 Å². The molecule has 0 bridgehead atoms. The molecule has 0 saturated heterocycles. The molecule has 3 amide bonds. The third-order valence-corrected chi connectivity index (χ3v) is 8.52. The number of carbonyl (C=O) groups is 3. The van der Waals surface area contributed by atoms with Crippen molar-refractivity contribution < 1.29 is 28.6 Å². The van der Waals surface area contributed by atoms with E-state index in [-0.39, 0.29) is 11.6 Å². The van der Waals surface area contributed by atoms with Gasteiger partial charge in [0.15, 0.2) is 11.5 Å². The van der Waals surface area contributed by atoms with E-state index in [1.807, 2.05) is 36.4 Å². The molecule has 5 aromatic carbocycles. The number of benzene rings is 5. The van der Waals surface area contributed by atoms with Gasteiger partial charge in [0.1, 0.15) is 16.7 Å². The fourth-order valence-electron chi connectivity index (χ4n) is 4.84. The zero-order valence-electron chi connectivity index (χ0n) is 27.1. The molecule has 0 heterocycles. The number of anilines is 2. The Hall–Kier alpha value is -6.00. The molecule has 0 spiro atoms. The highest BCUT2D eigenvalue weighted by molar-refractivity contribution is 8.00. The Morgan fingerprint density at radius 3 is 2.02 bits per heavy atom. The summed E-state index contributed by atoms with van der Waals surface area (Å²) in [5.74, 6) is 0.418. The molecule has 0 radical (unpaired) electrons. The Morgan fingerprint density at radius 1 is 0.653 bits per heavy atom. The van der Waals surface area contributed by atoms with Crippen molar-refractivity contribution >= 4 is 46.9 Å². The SMILES string of the molecule is COc1cccc(NC(=O)C(Sc2cccc(NC(=O)/C(=C\c3ccc(OC)c(OC)c3)NC(=O)c3ccccc3)c2)c2ccccc2)c1. The number of carbonyl (C=O) groups excluding carboxylic acids is 3. The van der Waals surface area contributed by atoms with Crippen molar-refractivity contribution in [2.45, 2.75) is 10.1 Å². The van der Waals surface area contributed by atoms with Gasteiger partial charge >= 0.3 is 0 Å².